The number of rotatable bonds is 5. The number of ether oxygens (including phenoxy) is 1. The molecule has 0 spiro atoms. The molecule has 8 heteroatoms. The minimum absolute atomic E-state index is 0.0189. The molecule has 1 N–H and O–H groups in total. The van der Waals surface area contributed by atoms with Crippen molar-refractivity contribution in [2.24, 2.45) is 0 Å². The van der Waals surface area contributed by atoms with Gasteiger partial charge >= 0.3 is 5.97 Å². The number of carbonyl (C=O) groups excluding carboxylic acids is 2. The minimum Gasteiger partial charge on any atom is -0.465 e. The van der Waals surface area contributed by atoms with Crippen LogP contribution in [0.1, 0.15) is 26.3 Å². The predicted molar refractivity (Wildman–Crippen MR) is 112 cm³/mol. The van der Waals surface area contributed by atoms with E-state index in [9.17, 15) is 14.4 Å². The summed E-state index contributed by atoms with van der Waals surface area (Å²) in [6.45, 7) is 0.198. The van der Waals surface area contributed by atoms with E-state index in [0.717, 1.165) is 0 Å². The Balaban J connectivity index is 1.80. The first-order valence-corrected chi connectivity index (χ1v) is 9.27. The van der Waals surface area contributed by atoms with Crippen molar-refractivity contribution in [2.75, 3.05) is 12.4 Å². The van der Waals surface area contributed by atoms with E-state index < -0.39 is 17.4 Å². The molecule has 0 bridgehead atoms. The van der Waals surface area contributed by atoms with Gasteiger partial charge in [0.15, 0.2) is 0 Å². The van der Waals surface area contributed by atoms with Gasteiger partial charge in [0.2, 0.25) is 0 Å². The molecule has 29 heavy (non-hydrogen) atoms. The molecule has 0 radical (unpaired) electrons. The normalized spacial score (nSPS) is 10.4. The smallest absolute Gasteiger partial charge is 0.337 e. The number of halogens is 2. The van der Waals surface area contributed by atoms with Gasteiger partial charge in [-0.15, -0.1) is 0 Å². The second kappa shape index (κ2) is 8.94. The lowest BCUT2D eigenvalue weighted by Gasteiger charge is -2.10. The second-order valence-corrected chi connectivity index (χ2v) is 6.96. The highest BCUT2D eigenvalue weighted by atomic mass is 35.5. The van der Waals surface area contributed by atoms with Crippen LogP contribution in [0.3, 0.4) is 0 Å². The van der Waals surface area contributed by atoms with Crippen LogP contribution in [0.2, 0.25) is 10.0 Å². The Kier molecular flexibility index (Phi) is 6.36. The highest BCUT2D eigenvalue weighted by molar-refractivity contribution is 6.35. The summed E-state index contributed by atoms with van der Waals surface area (Å²) in [6.07, 6.45) is 1.58. The monoisotopic (exact) mass is 430 g/mol. The van der Waals surface area contributed by atoms with Gasteiger partial charge < -0.3 is 14.6 Å². The molecule has 0 fully saturated rings. The van der Waals surface area contributed by atoms with Gasteiger partial charge in [-0.1, -0.05) is 29.3 Å². The van der Waals surface area contributed by atoms with Crippen LogP contribution in [0.15, 0.2) is 65.6 Å². The van der Waals surface area contributed by atoms with Gasteiger partial charge in [-0.3, -0.25) is 9.59 Å². The Morgan fingerprint density at radius 1 is 1.07 bits per heavy atom. The summed E-state index contributed by atoms with van der Waals surface area (Å²) in [4.78, 5) is 36.8. The van der Waals surface area contributed by atoms with Crippen LogP contribution < -0.4 is 10.9 Å². The van der Waals surface area contributed by atoms with E-state index in [2.05, 4.69) is 10.1 Å². The summed E-state index contributed by atoms with van der Waals surface area (Å²) in [5.41, 5.74) is 1.02. The van der Waals surface area contributed by atoms with Crippen LogP contribution in [0.25, 0.3) is 0 Å². The molecule has 0 aliphatic rings. The number of nitrogens with zero attached hydrogens (tertiary/aromatic N) is 1. The van der Waals surface area contributed by atoms with Crippen LogP contribution in [0.4, 0.5) is 5.69 Å². The molecule has 6 nitrogen and oxygen atoms in total. The van der Waals surface area contributed by atoms with Gasteiger partial charge in [-0.05, 0) is 54.1 Å². The van der Waals surface area contributed by atoms with Crippen molar-refractivity contribution < 1.29 is 14.3 Å². The quantitative estimate of drug-likeness (QED) is 0.613. The number of anilines is 1. The standard InChI is InChI=1S/C21H16Cl2N2O4/c1-29-21(28)13-5-8-16(9-6-13)24-19(26)17-3-2-10-25(20(17)27)12-14-4-7-15(22)11-18(14)23/h2-11H,12H2,1H3,(H,24,26). The van der Waals surface area contributed by atoms with Gasteiger partial charge in [0.25, 0.3) is 11.5 Å². The number of benzene rings is 2. The third kappa shape index (κ3) is 4.85. The first-order chi connectivity index (χ1) is 13.9. The van der Waals surface area contributed by atoms with Gasteiger partial charge in [0.05, 0.1) is 19.2 Å². The van der Waals surface area contributed by atoms with Crippen LogP contribution >= 0.6 is 23.2 Å². The fourth-order valence-corrected chi connectivity index (χ4v) is 3.14. The van der Waals surface area contributed by atoms with Crippen LogP contribution in [0.5, 0.6) is 0 Å². The molecule has 0 aliphatic heterocycles. The average Bonchev–Trinajstić information content (AvgIpc) is 2.71. The maximum absolute atomic E-state index is 12.7. The summed E-state index contributed by atoms with van der Waals surface area (Å²) in [7, 11) is 1.29. The number of amides is 1. The van der Waals surface area contributed by atoms with E-state index in [1.807, 2.05) is 0 Å². The maximum atomic E-state index is 12.7. The summed E-state index contributed by atoms with van der Waals surface area (Å²) >= 11 is 12.1. The Morgan fingerprint density at radius 2 is 1.79 bits per heavy atom. The molecule has 1 amide bonds. The number of nitrogens with one attached hydrogen (secondary N) is 1. The molecular weight excluding hydrogens is 415 g/mol. The number of pyridine rings is 1. The Labute approximate surface area is 176 Å². The fourth-order valence-electron chi connectivity index (χ4n) is 2.67. The number of hydrogen-bond acceptors (Lipinski definition) is 4. The van der Waals surface area contributed by atoms with Crippen molar-refractivity contribution in [1.29, 1.82) is 0 Å². The van der Waals surface area contributed by atoms with Crippen LogP contribution in [-0.4, -0.2) is 23.6 Å². The lowest BCUT2D eigenvalue weighted by Crippen LogP contribution is -2.29. The zero-order valence-electron chi connectivity index (χ0n) is 15.3. The number of esters is 1. The molecule has 0 saturated carbocycles. The first-order valence-electron chi connectivity index (χ1n) is 8.52. The molecule has 148 valence electrons. The van der Waals surface area contributed by atoms with E-state index in [4.69, 9.17) is 23.2 Å². The first kappa shape index (κ1) is 20.6. The molecule has 3 rings (SSSR count). The van der Waals surface area contributed by atoms with Crippen LogP contribution in [-0.2, 0) is 11.3 Å². The van der Waals surface area contributed by atoms with E-state index in [1.165, 1.54) is 29.9 Å². The highest BCUT2D eigenvalue weighted by Gasteiger charge is 2.14. The number of hydrogen-bond donors (Lipinski definition) is 1. The Morgan fingerprint density at radius 3 is 2.45 bits per heavy atom. The van der Waals surface area contributed by atoms with E-state index >= 15 is 0 Å². The molecule has 1 aromatic heterocycles. The zero-order valence-corrected chi connectivity index (χ0v) is 16.8. The fraction of sp³-hybridized carbons (Fsp3) is 0.0952. The van der Waals surface area contributed by atoms with Crippen molar-refractivity contribution in [2.45, 2.75) is 6.54 Å². The van der Waals surface area contributed by atoms with Crippen molar-refractivity contribution in [3.05, 3.63) is 97.9 Å². The molecule has 1 heterocycles. The predicted octanol–water partition coefficient (Wildman–Crippen LogP) is 4.24. The Bertz CT molecular complexity index is 1120. The largest absolute Gasteiger partial charge is 0.465 e. The average molecular weight is 431 g/mol. The molecule has 0 saturated heterocycles. The van der Waals surface area contributed by atoms with E-state index in [-0.39, 0.29) is 12.1 Å². The van der Waals surface area contributed by atoms with Crippen LogP contribution in [0, 0.1) is 0 Å². The molecule has 0 unspecified atom stereocenters. The van der Waals surface area contributed by atoms with Gasteiger partial charge in [-0.25, -0.2) is 4.79 Å². The number of methoxy groups -OCH3 is 1. The molecule has 2 aromatic carbocycles. The van der Waals surface area contributed by atoms with Crippen molar-refractivity contribution in [1.82, 2.24) is 4.57 Å². The number of carbonyl (C=O) groups is 2. The number of aromatic nitrogens is 1. The summed E-state index contributed by atoms with van der Waals surface area (Å²) in [6, 6.07) is 14.2. The Hall–Kier alpha value is -3.09. The van der Waals surface area contributed by atoms with Gasteiger partial charge in [0.1, 0.15) is 5.56 Å². The van der Waals surface area contributed by atoms with E-state index in [0.29, 0.717) is 26.9 Å². The van der Waals surface area contributed by atoms with E-state index in [1.54, 1.807) is 42.6 Å². The molecule has 0 atom stereocenters. The molecular formula is C21H16Cl2N2O4. The summed E-state index contributed by atoms with van der Waals surface area (Å²) in [5, 5.41) is 3.58. The van der Waals surface area contributed by atoms with Crippen molar-refractivity contribution in [3.8, 4) is 0 Å². The van der Waals surface area contributed by atoms with Crippen molar-refractivity contribution >= 4 is 40.8 Å². The molecule has 0 aliphatic carbocycles. The zero-order chi connectivity index (χ0) is 21.0. The minimum atomic E-state index is -0.558. The lowest BCUT2D eigenvalue weighted by atomic mass is 10.2. The van der Waals surface area contributed by atoms with Crippen molar-refractivity contribution in [3.63, 3.8) is 0 Å². The van der Waals surface area contributed by atoms with Gasteiger partial charge in [-0.2, -0.15) is 0 Å². The lowest BCUT2D eigenvalue weighted by molar-refractivity contribution is 0.0600. The molecule has 3 aromatic rings. The summed E-state index contributed by atoms with van der Waals surface area (Å²) in [5.74, 6) is -1.04. The highest BCUT2D eigenvalue weighted by Crippen LogP contribution is 2.21. The third-order valence-electron chi connectivity index (χ3n) is 4.18. The van der Waals surface area contributed by atoms with Gasteiger partial charge in [0, 0.05) is 21.9 Å². The second-order valence-electron chi connectivity index (χ2n) is 6.11. The summed E-state index contributed by atoms with van der Waals surface area (Å²) < 4.78 is 6.03. The topological polar surface area (TPSA) is 77.4 Å². The third-order valence-corrected chi connectivity index (χ3v) is 4.77. The SMILES string of the molecule is COC(=O)c1ccc(NC(=O)c2cccn(Cc3ccc(Cl)cc3Cl)c2=O)cc1. The maximum Gasteiger partial charge on any atom is 0.337 e.